The van der Waals surface area contributed by atoms with Crippen LogP contribution in [0.4, 0.5) is 0 Å². The predicted molar refractivity (Wildman–Crippen MR) is 91.7 cm³/mol. The van der Waals surface area contributed by atoms with E-state index in [1.54, 1.807) is 26.8 Å². The highest BCUT2D eigenvalue weighted by Gasteiger charge is 2.30. The molecular formula is C20H18O3. The Morgan fingerprint density at radius 2 is 1.52 bits per heavy atom. The molecule has 0 aliphatic rings. The second-order valence-corrected chi connectivity index (χ2v) is 6.58. The van der Waals surface area contributed by atoms with Crippen molar-refractivity contribution in [2.45, 2.75) is 20.8 Å². The monoisotopic (exact) mass is 306 g/mol. The number of fused-ring (bicyclic) bond motifs is 1. The summed E-state index contributed by atoms with van der Waals surface area (Å²) in [5.41, 5.74) is 0.856. The Morgan fingerprint density at radius 1 is 0.913 bits per heavy atom. The number of carbonyl (C=O) groups is 1. The molecular weight excluding hydrogens is 288 g/mol. The molecule has 0 bridgehead atoms. The van der Waals surface area contributed by atoms with Gasteiger partial charge in [-0.3, -0.25) is 4.79 Å². The Balaban J connectivity index is 2.47. The molecule has 0 spiro atoms. The average molecular weight is 306 g/mol. The summed E-state index contributed by atoms with van der Waals surface area (Å²) in [7, 11) is 0. The van der Waals surface area contributed by atoms with Gasteiger partial charge in [0.05, 0.1) is 0 Å². The van der Waals surface area contributed by atoms with Crippen molar-refractivity contribution in [3.63, 3.8) is 0 Å². The highest BCUT2D eigenvalue weighted by Crippen LogP contribution is 2.33. The third-order valence-electron chi connectivity index (χ3n) is 3.78. The van der Waals surface area contributed by atoms with Gasteiger partial charge in [-0.15, -0.1) is 0 Å². The number of para-hydroxylation sites is 1. The zero-order valence-electron chi connectivity index (χ0n) is 13.4. The van der Waals surface area contributed by atoms with Gasteiger partial charge in [-0.2, -0.15) is 0 Å². The summed E-state index contributed by atoms with van der Waals surface area (Å²) in [5, 5.41) is 0.769. The van der Waals surface area contributed by atoms with Crippen LogP contribution in [-0.4, -0.2) is 5.78 Å². The smallest absolute Gasteiger partial charge is 0.347 e. The van der Waals surface area contributed by atoms with E-state index in [0.717, 1.165) is 10.9 Å². The van der Waals surface area contributed by atoms with Gasteiger partial charge in [-0.05, 0) is 11.6 Å². The lowest BCUT2D eigenvalue weighted by Gasteiger charge is -2.19. The van der Waals surface area contributed by atoms with E-state index in [9.17, 15) is 9.59 Å². The molecule has 0 aliphatic carbocycles. The lowest BCUT2D eigenvalue weighted by Crippen LogP contribution is -2.27. The molecule has 116 valence electrons. The fourth-order valence-electron chi connectivity index (χ4n) is 2.64. The van der Waals surface area contributed by atoms with E-state index in [1.165, 1.54) is 0 Å². The zero-order valence-corrected chi connectivity index (χ0v) is 13.4. The summed E-state index contributed by atoms with van der Waals surface area (Å²) in [6.07, 6.45) is 0. The predicted octanol–water partition coefficient (Wildman–Crippen LogP) is 4.69. The number of benzene rings is 2. The second kappa shape index (κ2) is 5.51. The first-order valence-corrected chi connectivity index (χ1v) is 7.55. The number of rotatable bonds is 2. The molecule has 0 radical (unpaired) electrons. The molecule has 0 aliphatic heterocycles. The molecule has 3 aromatic rings. The van der Waals surface area contributed by atoms with Crippen LogP contribution in [0, 0.1) is 5.41 Å². The third kappa shape index (κ3) is 2.70. The normalized spacial score (nSPS) is 11.6. The molecule has 3 nitrogen and oxygen atoms in total. The Morgan fingerprint density at radius 3 is 2.17 bits per heavy atom. The van der Waals surface area contributed by atoms with Crippen LogP contribution in [0.2, 0.25) is 0 Å². The van der Waals surface area contributed by atoms with Gasteiger partial charge in [0, 0.05) is 16.4 Å². The van der Waals surface area contributed by atoms with Crippen LogP contribution in [-0.2, 0) is 0 Å². The SMILES string of the molecule is CC(C)(C)C(=O)c1c(-c2ccccc2)c2ccccc2oc1=O. The molecule has 23 heavy (non-hydrogen) atoms. The Labute approximate surface area is 134 Å². The maximum atomic E-state index is 12.9. The van der Waals surface area contributed by atoms with Crippen molar-refractivity contribution in [1.82, 2.24) is 0 Å². The molecule has 3 rings (SSSR count). The number of carbonyl (C=O) groups excluding carboxylic acids is 1. The molecule has 0 fully saturated rings. The molecule has 0 saturated carbocycles. The van der Waals surface area contributed by atoms with Crippen molar-refractivity contribution in [3.05, 3.63) is 70.6 Å². The number of ketones is 1. The summed E-state index contributed by atoms with van der Waals surface area (Å²) in [6.45, 7) is 5.41. The maximum absolute atomic E-state index is 12.9. The fourth-order valence-corrected chi connectivity index (χ4v) is 2.64. The third-order valence-corrected chi connectivity index (χ3v) is 3.78. The fraction of sp³-hybridized carbons (Fsp3) is 0.200. The van der Waals surface area contributed by atoms with Gasteiger partial charge in [0.1, 0.15) is 11.1 Å². The van der Waals surface area contributed by atoms with E-state index < -0.39 is 11.0 Å². The molecule has 0 N–H and O–H groups in total. The van der Waals surface area contributed by atoms with Crippen LogP contribution in [0.15, 0.2) is 63.8 Å². The highest BCUT2D eigenvalue weighted by molar-refractivity contribution is 6.10. The standard InChI is InChI=1S/C20H18O3/c1-20(2,3)18(21)17-16(13-9-5-4-6-10-13)14-11-7-8-12-15(14)23-19(17)22/h4-12H,1-3H3. The van der Waals surface area contributed by atoms with Gasteiger partial charge in [-0.1, -0.05) is 69.3 Å². The lowest BCUT2D eigenvalue weighted by atomic mass is 9.83. The van der Waals surface area contributed by atoms with Gasteiger partial charge < -0.3 is 4.42 Å². The second-order valence-electron chi connectivity index (χ2n) is 6.58. The maximum Gasteiger partial charge on any atom is 0.347 e. The molecule has 1 heterocycles. The summed E-state index contributed by atoms with van der Waals surface area (Å²) in [5.74, 6) is -0.212. The first-order chi connectivity index (χ1) is 10.9. The van der Waals surface area contributed by atoms with Crippen molar-refractivity contribution in [3.8, 4) is 11.1 Å². The minimum Gasteiger partial charge on any atom is -0.422 e. The minimum absolute atomic E-state index is 0.127. The van der Waals surface area contributed by atoms with Crippen LogP contribution in [0.25, 0.3) is 22.1 Å². The van der Waals surface area contributed by atoms with Crippen LogP contribution in [0.5, 0.6) is 0 Å². The van der Waals surface area contributed by atoms with E-state index in [4.69, 9.17) is 4.42 Å². The van der Waals surface area contributed by atoms with Crippen LogP contribution in [0.3, 0.4) is 0 Å². The molecule has 3 heteroatoms. The summed E-state index contributed by atoms with van der Waals surface area (Å²) >= 11 is 0. The Bertz CT molecular complexity index is 928. The molecule has 0 unspecified atom stereocenters. The summed E-state index contributed by atoms with van der Waals surface area (Å²) in [4.78, 5) is 25.4. The number of Topliss-reactive ketones (excluding diaryl/α,β-unsaturated/α-hetero) is 1. The number of hydrogen-bond acceptors (Lipinski definition) is 3. The van der Waals surface area contributed by atoms with E-state index in [-0.39, 0.29) is 11.3 Å². The van der Waals surface area contributed by atoms with Crippen LogP contribution >= 0.6 is 0 Å². The van der Waals surface area contributed by atoms with E-state index in [2.05, 4.69) is 0 Å². The van der Waals surface area contributed by atoms with E-state index in [1.807, 2.05) is 48.5 Å². The highest BCUT2D eigenvalue weighted by atomic mass is 16.4. The van der Waals surface area contributed by atoms with Gasteiger partial charge >= 0.3 is 5.63 Å². The molecule has 0 saturated heterocycles. The summed E-state index contributed by atoms with van der Waals surface area (Å²) in [6, 6.07) is 16.8. The topological polar surface area (TPSA) is 47.3 Å². The van der Waals surface area contributed by atoms with Gasteiger partial charge in [0.15, 0.2) is 5.78 Å². The molecule has 1 aromatic heterocycles. The quantitative estimate of drug-likeness (QED) is 0.510. The minimum atomic E-state index is -0.666. The van der Waals surface area contributed by atoms with Crippen molar-refractivity contribution in [1.29, 1.82) is 0 Å². The molecule has 0 amide bonds. The van der Waals surface area contributed by atoms with Crippen LogP contribution < -0.4 is 5.63 Å². The van der Waals surface area contributed by atoms with Gasteiger partial charge in [0.2, 0.25) is 0 Å². The van der Waals surface area contributed by atoms with Gasteiger partial charge in [0.25, 0.3) is 0 Å². The first-order valence-electron chi connectivity index (χ1n) is 7.55. The van der Waals surface area contributed by atoms with Crippen molar-refractivity contribution in [2.75, 3.05) is 0 Å². The lowest BCUT2D eigenvalue weighted by molar-refractivity contribution is 0.0855. The zero-order chi connectivity index (χ0) is 16.6. The van der Waals surface area contributed by atoms with E-state index in [0.29, 0.717) is 11.1 Å². The molecule has 0 atom stereocenters. The van der Waals surface area contributed by atoms with Crippen molar-refractivity contribution in [2.24, 2.45) is 5.41 Å². The number of hydrogen-bond donors (Lipinski definition) is 0. The Kier molecular flexibility index (Phi) is 3.64. The van der Waals surface area contributed by atoms with Crippen LogP contribution in [0.1, 0.15) is 31.1 Å². The summed E-state index contributed by atoms with van der Waals surface area (Å²) < 4.78 is 5.39. The van der Waals surface area contributed by atoms with Crippen molar-refractivity contribution >= 4 is 16.8 Å². The van der Waals surface area contributed by atoms with E-state index >= 15 is 0 Å². The first kappa shape index (κ1) is 15.2. The van der Waals surface area contributed by atoms with Crippen molar-refractivity contribution < 1.29 is 9.21 Å². The largest absolute Gasteiger partial charge is 0.422 e. The van der Waals surface area contributed by atoms with Gasteiger partial charge in [-0.25, -0.2) is 4.79 Å². The molecule has 2 aromatic carbocycles. The average Bonchev–Trinajstić information content (AvgIpc) is 2.53. The Hall–Kier alpha value is -2.68.